The van der Waals surface area contributed by atoms with Crippen molar-refractivity contribution in [1.29, 1.82) is 0 Å². The van der Waals surface area contributed by atoms with Gasteiger partial charge in [0.2, 0.25) is 0 Å². The molecule has 2 radical (unpaired) electrons. The molecule has 0 saturated carbocycles. The largest absolute Gasteiger partial charge is 0.326 e. The first-order chi connectivity index (χ1) is 6.43. The summed E-state index contributed by atoms with van der Waals surface area (Å²) in [5.74, 6) is 0. The maximum Gasteiger partial charge on any atom is 0.133 e. The molecule has 80 valence electrons. The van der Waals surface area contributed by atoms with Crippen LogP contribution in [-0.4, -0.2) is 20.1 Å². The minimum Gasteiger partial charge on any atom is -0.326 e. The van der Waals surface area contributed by atoms with E-state index in [-0.39, 0.29) is 11.7 Å². The van der Waals surface area contributed by atoms with E-state index < -0.39 is 12.2 Å². The van der Waals surface area contributed by atoms with E-state index in [0.29, 0.717) is 0 Å². The molecule has 0 rings (SSSR count). The van der Waals surface area contributed by atoms with Crippen molar-refractivity contribution in [1.82, 2.24) is 0 Å². The van der Waals surface area contributed by atoms with E-state index in [1.165, 1.54) is 6.08 Å². The Balaban J connectivity index is 4.14. The Kier molecular flexibility index (Phi) is 6.09. The van der Waals surface area contributed by atoms with Crippen LogP contribution in [0, 0.1) is 5.41 Å². The molecule has 2 atom stereocenters. The molecule has 0 amide bonds. The van der Waals surface area contributed by atoms with Crippen LogP contribution in [0.3, 0.4) is 0 Å². The third kappa shape index (κ3) is 5.43. The van der Waals surface area contributed by atoms with E-state index in [0.717, 1.165) is 12.8 Å². The molecule has 0 heterocycles. The average molecular weight is 197 g/mol. The number of hydrogen-bond acceptors (Lipinski definition) is 1. The van der Waals surface area contributed by atoms with Gasteiger partial charge in [-0.25, -0.2) is 4.39 Å². The Morgan fingerprint density at radius 3 is 2.50 bits per heavy atom. The third-order valence-electron chi connectivity index (χ3n) is 2.31. The van der Waals surface area contributed by atoms with E-state index >= 15 is 0 Å². The van der Waals surface area contributed by atoms with Gasteiger partial charge in [0.15, 0.2) is 0 Å². The summed E-state index contributed by atoms with van der Waals surface area (Å²) in [5.41, 5.74) is 5.52. The molecule has 0 aromatic carbocycles. The van der Waals surface area contributed by atoms with Crippen molar-refractivity contribution < 1.29 is 4.39 Å². The molecule has 0 fully saturated rings. The van der Waals surface area contributed by atoms with Gasteiger partial charge in [0.05, 0.1) is 7.85 Å². The second kappa shape index (κ2) is 6.23. The van der Waals surface area contributed by atoms with E-state index in [2.05, 4.69) is 20.8 Å². The number of allylic oxidation sites excluding steroid dienone is 1. The lowest BCUT2D eigenvalue weighted by atomic mass is 9.86. The topological polar surface area (TPSA) is 26.0 Å². The predicted molar refractivity (Wildman–Crippen MR) is 61.3 cm³/mol. The molecule has 0 aliphatic carbocycles. The highest BCUT2D eigenvalue weighted by Crippen LogP contribution is 2.24. The third-order valence-corrected chi connectivity index (χ3v) is 2.31. The normalized spacial score (nSPS) is 17.2. The molecular formula is C11H21BFN. The van der Waals surface area contributed by atoms with E-state index in [1.54, 1.807) is 0 Å². The second-order valence-corrected chi connectivity index (χ2v) is 4.44. The SMILES string of the molecule is [B]CC(N)C(F)/C=C\C(C)(C)CCC. The number of halogens is 1. The molecular weight excluding hydrogens is 176 g/mol. The maximum atomic E-state index is 13.3. The van der Waals surface area contributed by atoms with Gasteiger partial charge in [0, 0.05) is 6.04 Å². The first kappa shape index (κ1) is 13.7. The first-order valence-electron chi connectivity index (χ1n) is 5.22. The van der Waals surface area contributed by atoms with Crippen molar-refractivity contribution in [3.8, 4) is 0 Å². The van der Waals surface area contributed by atoms with Gasteiger partial charge in [0.1, 0.15) is 6.17 Å². The summed E-state index contributed by atoms with van der Waals surface area (Å²) >= 11 is 0. The van der Waals surface area contributed by atoms with E-state index in [4.69, 9.17) is 13.6 Å². The summed E-state index contributed by atoms with van der Waals surface area (Å²) in [6, 6.07) is -0.580. The fourth-order valence-electron chi connectivity index (χ4n) is 1.35. The molecule has 2 unspecified atom stereocenters. The molecule has 2 N–H and O–H groups in total. The van der Waals surface area contributed by atoms with Crippen LogP contribution < -0.4 is 5.73 Å². The minimum absolute atomic E-state index is 0.0490. The summed E-state index contributed by atoms with van der Waals surface area (Å²) in [7, 11) is 5.27. The van der Waals surface area contributed by atoms with Gasteiger partial charge in [-0.3, -0.25) is 0 Å². The van der Waals surface area contributed by atoms with Crippen LogP contribution in [0.1, 0.15) is 33.6 Å². The van der Waals surface area contributed by atoms with Gasteiger partial charge in [-0.05, 0) is 11.8 Å². The zero-order valence-electron chi connectivity index (χ0n) is 9.46. The monoisotopic (exact) mass is 197 g/mol. The summed E-state index contributed by atoms with van der Waals surface area (Å²) in [6.45, 7) is 6.30. The van der Waals surface area contributed by atoms with Crippen LogP contribution in [0.15, 0.2) is 12.2 Å². The Hall–Kier alpha value is -0.305. The molecule has 0 saturated heterocycles. The zero-order valence-corrected chi connectivity index (χ0v) is 9.46. The van der Waals surface area contributed by atoms with Crippen molar-refractivity contribution in [2.75, 3.05) is 0 Å². The van der Waals surface area contributed by atoms with Gasteiger partial charge in [0.25, 0.3) is 0 Å². The molecule has 0 aromatic heterocycles. The minimum atomic E-state index is -1.13. The average Bonchev–Trinajstić information content (AvgIpc) is 2.13. The van der Waals surface area contributed by atoms with Crippen molar-refractivity contribution >= 4 is 7.85 Å². The van der Waals surface area contributed by atoms with Gasteiger partial charge in [-0.1, -0.05) is 45.7 Å². The zero-order chi connectivity index (χ0) is 11.2. The Labute approximate surface area is 88.4 Å². The molecule has 0 aliphatic heterocycles. The summed E-state index contributed by atoms with van der Waals surface area (Å²) in [5, 5.41) is 0. The van der Waals surface area contributed by atoms with Gasteiger partial charge >= 0.3 is 0 Å². The molecule has 1 nitrogen and oxygen atoms in total. The van der Waals surface area contributed by atoms with Crippen LogP contribution in [0.4, 0.5) is 4.39 Å². The lowest BCUT2D eigenvalue weighted by Gasteiger charge is -2.20. The fourth-order valence-corrected chi connectivity index (χ4v) is 1.35. The van der Waals surface area contributed by atoms with Crippen LogP contribution in [-0.2, 0) is 0 Å². The Bertz CT molecular complexity index is 180. The molecule has 3 heteroatoms. The number of hydrogen-bond donors (Lipinski definition) is 1. The Morgan fingerprint density at radius 1 is 1.50 bits per heavy atom. The van der Waals surface area contributed by atoms with Gasteiger partial charge < -0.3 is 5.73 Å². The Morgan fingerprint density at radius 2 is 2.07 bits per heavy atom. The molecule has 0 bridgehead atoms. The summed E-state index contributed by atoms with van der Waals surface area (Å²) in [4.78, 5) is 0. The lowest BCUT2D eigenvalue weighted by molar-refractivity contribution is 0.346. The second-order valence-electron chi connectivity index (χ2n) is 4.44. The highest BCUT2D eigenvalue weighted by molar-refractivity contribution is 6.09. The molecule has 0 aromatic rings. The van der Waals surface area contributed by atoms with Gasteiger partial charge in [-0.2, -0.15) is 0 Å². The van der Waals surface area contributed by atoms with Crippen LogP contribution in [0.25, 0.3) is 0 Å². The predicted octanol–water partition coefficient (Wildman–Crippen LogP) is 2.62. The fraction of sp³-hybridized carbons (Fsp3) is 0.818. The highest BCUT2D eigenvalue weighted by Gasteiger charge is 2.15. The molecule has 0 spiro atoms. The van der Waals surface area contributed by atoms with Gasteiger partial charge in [-0.15, -0.1) is 0 Å². The van der Waals surface area contributed by atoms with Crippen LogP contribution in [0.5, 0.6) is 0 Å². The molecule has 0 aliphatic rings. The smallest absolute Gasteiger partial charge is 0.133 e. The number of rotatable bonds is 6. The van der Waals surface area contributed by atoms with Crippen molar-refractivity contribution in [2.24, 2.45) is 11.1 Å². The van der Waals surface area contributed by atoms with Crippen LogP contribution in [0.2, 0.25) is 6.32 Å². The quantitative estimate of drug-likeness (QED) is 0.514. The van der Waals surface area contributed by atoms with Crippen molar-refractivity contribution in [3.63, 3.8) is 0 Å². The maximum absolute atomic E-state index is 13.3. The van der Waals surface area contributed by atoms with Crippen molar-refractivity contribution in [2.45, 2.75) is 52.1 Å². The standard InChI is InChI=1S/C11H21BFN/c1-4-6-11(2,3)7-5-9(13)10(14)8-12/h5,7,9-10H,4,6,8,14H2,1-3H3/b7-5-. The molecule has 14 heavy (non-hydrogen) atoms. The number of nitrogens with two attached hydrogens (primary N) is 1. The van der Waals surface area contributed by atoms with Crippen LogP contribution >= 0.6 is 0 Å². The summed E-state index contributed by atoms with van der Waals surface area (Å²) in [6.07, 6.45) is 4.63. The van der Waals surface area contributed by atoms with Crippen molar-refractivity contribution in [3.05, 3.63) is 12.2 Å². The lowest BCUT2D eigenvalue weighted by Crippen LogP contribution is -2.29. The number of alkyl halides is 1. The highest BCUT2D eigenvalue weighted by atomic mass is 19.1. The first-order valence-corrected chi connectivity index (χ1v) is 5.22. The van der Waals surface area contributed by atoms with E-state index in [9.17, 15) is 4.39 Å². The summed E-state index contributed by atoms with van der Waals surface area (Å²) < 4.78 is 13.3. The van der Waals surface area contributed by atoms with E-state index in [1.807, 2.05) is 6.08 Å².